The molecule has 0 aliphatic rings. The van der Waals surface area contributed by atoms with Crippen molar-refractivity contribution >= 4 is 16.8 Å². The van der Waals surface area contributed by atoms with Crippen LogP contribution in [-0.2, 0) is 6.54 Å². The number of amides is 1. The van der Waals surface area contributed by atoms with E-state index >= 15 is 0 Å². The fourth-order valence-corrected chi connectivity index (χ4v) is 2.68. The van der Waals surface area contributed by atoms with Crippen molar-refractivity contribution in [3.8, 4) is 0 Å². The van der Waals surface area contributed by atoms with Crippen molar-refractivity contribution < 1.29 is 4.79 Å². The van der Waals surface area contributed by atoms with Gasteiger partial charge >= 0.3 is 0 Å². The maximum Gasteiger partial charge on any atom is 0.253 e. The van der Waals surface area contributed by atoms with Crippen LogP contribution in [0.25, 0.3) is 10.9 Å². The zero-order chi connectivity index (χ0) is 15.5. The smallest absolute Gasteiger partial charge is 0.253 e. The number of carbonyl (C=O) groups excluding carboxylic acids is 1. The van der Waals surface area contributed by atoms with Crippen molar-refractivity contribution in [1.82, 2.24) is 9.88 Å². The molecule has 3 heteroatoms. The Labute approximate surface area is 130 Å². The minimum absolute atomic E-state index is 0.0157. The van der Waals surface area contributed by atoms with E-state index in [0.717, 1.165) is 23.0 Å². The molecule has 0 unspecified atom stereocenters. The van der Waals surface area contributed by atoms with Gasteiger partial charge in [-0.3, -0.25) is 4.79 Å². The molecular weight excluding hydrogens is 272 g/mol. The van der Waals surface area contributed by atoms with E-state index < -0.39 is 0 Å². The van der Waals surface area contributed by atoms with Gasteiger partial charge in [0.2, 0.25) is 0 Å². The van der Waals surface area contributed by atoms with Crippen molar-refractivity contribution in [1.29, 1.82) is 0 Å². The predicted octanol–water partition coefficient (Wildman–Crippen LogP) is 3.83. The van der Waals surface area contributed by atoms with Crippen LogP contribution in [0.3, 0.4) is 0 Å². The first-order valence-corrected chi connectivity index (χ1v) is 7.58. The van der Waals surface area contributed by atoms with Crippen LogP contribution >= 0.6 is 0 Å². The quantitative estimate of drug-likeness (QED) is 0.779. The number of para-hydroxylation sites is 1. The van der Waals surface area contributed by atoms with Gasteiger partial charge in [-0.1, -0.05) is 48.5 Å². The highest BCUT2D eigenvalue weighted by Crippen LogP contribution is 2.22. The second-order valence-electron chi connectivity index (χ2n) is 5.80. The Morgan fingerprint density at radius 1 is 1.05 bits per heavy atom. The lowest BCUT2D eigenvalue weighted by Gasteiger charge is -2.07. The molecule has 22 heavy (non-hydrogen) atoms. The summed E-state index contributed by atoms with van der Waals surface area (Å²) >= 11 is 0. The molecule has 0 spiro atoms. The van der Waals surface area contributed by atoms with Crippen molar-refractivity contribution in [2.75, 3.05) is 0 Å². The van der Waals surface area contributed by atoms with Crippen LogP contribution in [-0.4, -0.2) is 16.5 Å². The average Bonchev–Trinajstić information content (AvgIpc) is 2.87. The Bertz CT molecular complexity index is 788. The molecular formula is C19H20N2O. The van der Waals surface area contributed by atoms with E-state index in [1.54, 1.807) is 0 Å². The summed E-state index contributed by atoms with van der Waals surface area (Å²) in [5.74, 6) is -0.0157. The molecule has 0 fully saturated rings. The highest BCUT2D eigenvalue weighted by atomic mass is 16.1. The molecule has 3 rings (SSSR count). The summed E-state index contributed by atoms with van der Waals surface area (Å²) in [6, 6.07) is 18.5. The van der Waals surface area contributed by atoms with Gasteiger partial charge < -0.3 is 9.88 Å². The molecule has 112 valence electrons. The standard InChI is InChI=1S/C19H20N2O/c1-14(2)20-19(22)17-13-21(12-15-8-4-3-5-9-15)18-11-7-6-10-16(17)18/h3-11,13-14H,12H2,1-2H3,(H,20,22). The van der Waals surface area contributed by atoms with Gasteiger partial charge in [0, 0.05) is 29.7 Å². The van der Waals surface area contributed by atoms with E-state index in [1.807, 2.05) is 56.4 Å². The Morgan fingerprint density at radius 2 is 1.73 bits per heavy atom. The Balaban J connectivity index is 2.02. The van der Waals surface area contributed by atoms with Crippen molar-refractivity contribution in [2.45, 2.75) is 26.4 Å². The molecule has 0 aliphatic carbocycles. The first-order valence-electron chi connectivity index (χ1n) is 7.58. The van der Waals surface area contributed by atoms with E-state index in [1.165, 1.54) is 5.56 Å². The summed E-state index contributed by atoms with van der Waals surface area (Å²) in [5.41, 5.74) is 3.04. The van der Waals surface area contributed by atoms with Gasteiger partial charge in [-0.25, -0.2) is 0 Å². The van der Waals surface area contributed by atoms with Crippen LogP contribution in [0.5, 0.6) is 0 Å². The number of aromatic nitrogens is 1. The van der Waals surface area contributed by atoms with E-state index in [4.69, 9.17) is 0 Å². The van der Waals surface area contributed by atoms with E-state index in [9.17, 15) is 4.79 Å². The van der Waals surface area contributed by atoms with Crippen LogP contribution in [0.2, 0.25) is 0 Å². The lowest BCUT2D eigenvalue weighted by molar-refractivity contribution is 0.0944. The second kappa shape index (κ2) is 6.06. The molecule has 0 saturated carbocycles. The van der Waals surface area contributed by atoms with E-state index in [0.29, 0.717) is 0 Å². The highest BCUT2D eigenvalue weighted by molar-refractivity contribution is 6.07. The number of fused-ring (bicyclic) bond motifs is 1. The highest BCUT2D eigenvalue weighted by Gasteiger charge is 2.15. The molecule has 0 atom stereocenters. The fourth-order valence-electron chi connectivity index (χ4n) is 2.68. The Kier molecular flexibility index (Phi) is 3.96. The summed E-state index contributed by atoms with van der Waals surface area (Å²) in [4.78, 5) is 12.4. The van der Waals surface area contributed by atoms with Gasteiger partial charge in [-0.15, -0.1) is 0 Å². The molecule has 0 saturated heterocycles. The number of benzene rings is 2. The average molecular weight is 292 g/mol. The molecule has 0 radical (unpaired) electrons. The number of nitrogens with one attached hydrogen (secondary N) is 1. The topological polar surface area (TPSA) is 34.0 Å². The molecule has 1 amide bonds. The normalized spacial score (nSPS) is 11.0. The third-order valence-corrected chi connectivity index (χ3v) is 3.65. The molecule has 1 heterocycles. The van der Waals surface area contributed by atoms with Crippen LogP contribution in [0.1, 0.15) is 29.8 Å². The van der Waals surface area contributed by atoms with Gasteiger partial charge in [-0.05, 0) is 25.5 Å². The molecule has 1 N–H and O–H groups in total. The van der Waals surface area contributed by atoms with Crippen LogP contribution in [0.15, 0.2) is 60.8 Å². The number of hydrogen-bond acceptors (Lipinski definition) is 1. The van der Waals surface area contributed by atoms with Crippen LogP contribution < -0.4 is 5.32 Å². The maximum absolute atomic E-state index is 12.4. The maximum atomic E-state index is 12.4. The van der Waals surface area contributed by atoms with Gasteiger partial charge in [0.05, 0.1) is 5.56 Å². The third-order valence-electron chi connectivity index (χ3n) is 3.65. The zero-order valence-electron chi connectivity index (χ0n) is 12.9. The number of hydrogen-bond donors (Lipinski definition) is 1. The summed E-state index contributed by atoms with van der Waals surface area (Å²) < 4.78 is 2.14. The molecule has 2 aromatic carbocycles. The number of nitrogens with zero attached hydrogens (tertiary/aromatic N) is 1. The summed E-state index contributed by atoms with van der Waals surface area (Å²) in [7, 11) is 0. The van der Waals surface area contributed by atoms with E-state index in [-0.39, 0.29) is 11.9 Å². The molecule has 3 aromatic rings. The minimum Gasteiger partial charge on any atom is -0.350 e. The lowest BCUT2D eigenvalue weighted by atomic mass is 10.1. The summed E-state index contributed by atoms with van der Waals surface area (Å²) in [5, 5.41) is 3.97. The van der Waals surface area contributed by atoms with Crippen molar-refractivity contribution in [2.24, 2.45) is 0 Å². The van der Waals surface area contributed by atoms with Gasteiger partial charge in [0.15, 0.2) is 0 Å². The zero-order valence-corrected chi connectivity index (χ0v) is 12.9. The summed E-state index contributed by atoms with van der Waals surface area (Å²) in [6.07, 6.45) is 1.95. The Morgan fingerprint density at radius 3 is 2.45 bits per heavy atom. The molecule has 3 nitrogen and oxygen atoms in total. The monoisotopic (exact) mass is 292 g/mol. The van der Waals surface area contributed by atoms with Crippen molar-refractivity contribution in [3.63, 3.8) is 0 Å². The van der Waals surface area contributed by atoms with Crippen LogP contribution in [0.4, 0.5) is 0 Å². The lowest BCUT2D eigenvalue weighted by Crippen LogP contribution is -2.29. The van der Waals surface area contributed by atoms with Crippen molar-refractivity contribution in [3.05, 3.63) is 71.9 Å². The molecule has 0 bridgehead atoms. The first-order chi connectivity index (χ1) is 10.6. The summed E-state index contributed by atoms with van der Waals surface area (Å²) in [6.45, 7) is 4.71. The number of rotatable bonds is 4. The molecule has 0 aliphatic heterocycles. The molecule has 1 aromatic heterocycles. The number of carbonyl (C=O) groups is 1. The fraction of sp³-hybridized carbons (Fsp3) is 0.211. The third kappa shape index (κ3) is 2.89. The SMILES string of the molecule is CC(C)NC(=O)c1cn(Cc2ccccc2)c2ccccc12. The largest absolute Gasteiger partial charge is 0.350 e. The van der Waals surface area contributed by atoms with Gasteiger partial charge in [0.1, 0.15) is 0 Å². The van der Waals surface area contributed by atoms with Gasteiger partial charge in [-0.2, -0.15) is 0 Å². The Hall–Kier alpha value is -2.55. The first kappa shape index (κ1) is 14.4. The van der Waals surface area contributed by atoms with E-state index in [2.05, 4.69) is 28.1 Å². The van der Waals surface area contributed by atoms with Crippen LogP contribution in [0, 0.1) is 0 Å². The second-order valence-corrected chi connectivity index (χ2v) is 5.80. The van der Waals surface area contributed by atoms with Gasteiger partial charge in [0.25, 0.3) is 5.91 Å². The minimum atomic E-state index is -0.0157. The predicted molar refractivity (Wildman–Crippen MR) is 90.1 cm³/mol.